The summed E-state index contributed by atoms with van der Waals surface area (Å²) >= 11 is 0. The van der Waals surface area contributed by atoms with Crippen molar-refractivity contribution < 1.29 is 0 Å². The molecule has 0 radical (unpaired) electrons. The van der Waals surface area contributed by atoms with Gasteiger partial charge in [-0.2, -0.15) is 0 Å². The molecule has 2 aliphatic carbocycles. The van der Waals surface area contributed by atoms with Crippen LogP contribution in [-0.2, 0) is 18.3 Å². The first-order valence-electron chi connectivity index (χ1n) is 9.43. The molecule has 120 valence electrons. The molecule has 3 aliphatic rings. The monoisotopic (exact) mass is 297 g/mol. The molecule has 1 aromatic carbocycles. The van der Waals surface area contributed by atoms with E-state index >= 15 is 0 Å². The molecule has 3 atom stereocenters. The van der Waals surface area contributed by atoms with E-state index in [0.717, 1.165) is 17.9 Å². The number of hydrogen-bond acceptors (Lipinski definition) is 1. The van der Waals surface area contributed by atoms with Crippen molar-refractivity contribution in [2.75, 3.05) is 13.6 Å². The lowest BCUT2D eigenvalue weighted by atomic mass is 9.52. The maximum atomic E-state index is 2.67. The molecule has 1 aromatic rings. The summed E-state index contributed by atoms with van der Waals surface area (Å²) in [6.07, 6.45) is 9.72. The quantitative estimate of drug-likeness (QED) is 0.772. The van der Waals surface area contributed by atoms with Gasteiger partial charge >= 0.3 is 0 Å². The van der Waals surface area contributed by atoms with Gasteiger partial charge in [-0.25, -0.2) is 0 Å². The van der Waals surface area contributed by atoms with Crippen molar-refractivity contribution in [3.05, 3.63) is 34.9 Å². The Morgan fingerprint density at radius 2 is 2.09 bits per heavy atom. The van der Waals surface area contributed by atoms with Gasteiger partial charge < -0.3 is 4.90 Å². The molecule has 2 fully saturated rings. The minimum atomic E-state index is 0.524. The highest BCUT2D eigenvalue weighted by Crippen LogP contribution is 2.55. The predicted octanol–water partition coefficient (Wildman–Crippen LogP) is 4.57. The molecule has 0 amide bonds. The summed E-state index contributed by atoms with van der Waals surface area (Å²) in [5.41, 5.74) is 5.53. The fourth-order valence-corrected chi connectivity index (χ4v) is 5.84. The molecule has 1 saturated heterocycles. The van der Waals surface area contributed by atoms with Crippen molar-refractivity contribution >= 4 is 0 Å². The molecular weight excluding hydrogens is 266 g/mol. The molecule has 1 saturated carbocycles. The van der Waals surface area contributed by atoms with Gasteiger partial charge in [-0.15, -0.1) is 0 Å². The first-order valence-corrected chi connectivity index (χ1v) is 9.43. The number of fused-ring (bicyclic) bond motifs is 1. The van der Waals surface area contributed by atoms with Gasteiger partial charge in [0, 0.05) is 11.5 Å². The highest BCUT2D eigenvalue weighted by molar-refractivity contribution is 5.43. The van der Waals surface area contributed by atoms with Gasteiger partial charge in [0.25, 0.3) is 0 Å². The van der Waals surface area contributed by atoms with Crippen molar-refractivity contribution in [1.29, 1.82) is 0 Å². The molecule has 0 spiro atoms. The number of rotatable bonds is 2. The van der Waals surface area contributed by atoms with Crippen LogP contribution in [-0.4, -0.2) is 24.5 Å². The normalized spacial score (nSPS) is 34.4. The van der Waals surface area contributed by atoms with Gasteiger partial charge in [-0.05, 0) is 74.2 Å². The lowest BCUT2D eigenvalue weighted by Gasteiger charge is -2.58. The minimum absolute atomic E-state index is 0.524. The van der Waals surface area contributed by atoms with Crippen LogP contribution >= 0.6 is 0 Å². The van der Waals surface area contributed by atoms with E-state index in [2.05, 4.69) is 44.0 Å². The number of nitrogens with zero attached hydrogens (tertiary/aromatic N) is 1. The number of piperidine rings is 1. The fourth-order valence-electron chi connectivity index (χ4n) is 5.84. The van der Waals surface area contributed by atoms with E-state index in [0.29, 0.717) is 5.41 Å². The van der Waals surface area contributed by atoms with Gasteiger partial charge in [0.1, 0.15) is 0 Å². The lowest BCUT2D eigenvalue weighted by Crippen LogP contribution is -2.59. The van der Waals surface area contributed by atoms with Crippen molar-refractivity contribution in [2.45, 2.75) is 70.3 Å². The van der Waals surface area contributed by atoms with Gasteiger partial charge in [0.05, 0.1) is 0 Å². The third-order valence-electron chi connectivity index (χ3n) is 6.82. The van der Waals surface area contributed by atoms with Gasteiger partial charge in [0.15, 0.2) is 0 Å². The van der Waals surface area contributed by atoms with Gasteiger partial charge in [-0.3, -0.25) is 0 Å². The standard InChI is InChI=1S/C21H31N/c1-15(2)12-16-7-8-17-14-20-18-6-4-5-9-21(18,19(17)13-16)10-11-22(20)3/h7-8,13,15,18,20H,4-6,9-12,14H2,1-3H3/t18-,20+,21+/m1/s1. The first-order chi connectivity index (χ1) is 10.6. The maximum absolute atomic E-state index is 2.67. The van der Waals surface area contributed by atoms with E-state index in [4.69, 9.17) is 0 Å². The zero-order valence-electron chi connectivity index (χ0n) is 14.6. The minimum Gasteiger partial charge on any atom is -0.303 e. The summed E-state index contributed by atoms with van der Waals surface area (Å²) in [5, 5.41) is 0. The van der Waals surface area contributed by atoms with Crippen LogP contribution in [0.4, 0.5) is 0 Å². The van der Waals surface area contributed by atoms with Crippen LogP contribution < -0.4 is 0 Å². The first kappa shape index (κ1) is 14.8. The molecule has 22 heavy (non-hydrogen) atoms. The fraction of sp³-hybridized carbons (Fsp3) is 0.714. The Morgan fingerprint density at radius 1 is 1.23 bits per heavy atom. The van der Waals surface area contributed by atoms with Crippen LogP contribution in [0.5, 0.6) is 0 Å². The second kappa shape index (κ2) is 5.37. The molecule has 0 aromatic heterocycles. The zero-order chi connectivity index (χ0) is 15.3. The average molecular weight is 297 g/mol. The lowest BCUT2D eigenvalue weighted by molar-refractivity contribution is 0.00281. The molecule has 4 rings (SSSR count). The van der Waals surface area contributed by atoms with E-state index in [-0.39, 0.29) is 0 Å². The van der Waals surface area contributed by atoms with Crippen molar-refractivity contribution in [3.8, 4) is 0 Å². The Bertz CT molecular complexity index is 561. The topological polar surface area (TPSA) is 3.24 Å². The molecule has 1 heteroatoms. The number of benzene rings is 1. The zero-order valence-corrected chi connectivity index (χ0v) is 14.6. The summed E-state index contributed by atoms with van der Waals surface area (Å²) in [4.78, 5) is 2.67. The summed E-state index contributed by atoms with van der Waals surface area (Å²) in [6, 6.07) is 8.31. The molecular formula is C21H31N. The molecule has 1 nitrogen and oxygen atoms in total. The summed E-state index contributed by atoms with van der Waals surface area (Å²) in [5.74, 6) is 1.67. The third-order valence-corrected chi connectivity index (χ3v) is 6.82. The second-order valence-corrected chi connectivity index (χ2v) is 8.60. The number of likely N-dealkylation sites (tertiary alicyclic amines) is 1. The summed E-state index contributed by atoms with van der Waals surface area (Å²) in [7, 11) is 2.36. The average Bonchev–Trinajstić information content (AvgIpc) is 2.51. The summed E-state index contributed by atoms with van der Waals surface area (Å²) < 4.78 is 0. The van der Waals surface area contributed by atoms with Gasteiger partial charge in [-0.1, -0.05) is 44.9 Å². The Kier molecular flexibility index (Phi) is 3.60. The molecule has 0 N–H and O–H groups in total. The number of likely N-dealkylation sites (N-methyl/N-ethyl adjacent to an activating group) is 1. The van der Waals surface area contributed by atoms with E-state index in [1.807, 2.05) is 0 Å². The van der Waals surface area contributed by atoms with E-state index in [1.54, 1.807) is 16.7 Å². The van der Waals surface area contributed by atoms with Crippen molar-refractivity contribution in [3.63, 3.8) is 0 Å². The van der Waals surface area contributed by atoms with Crippen LogP contribution in [0, 0.1) is 11.8 Å². The van der Waals surface area contributed by atoms with E-state index in [9.17, 15) is 0 Å². The maximum Gasteiger partial charge on any atom is 0.0169 e. The number of hydrogen-bond donors (Lipinski definition) is 0. The Morgan fingerprint density at radius 3 is 2.91 bits per heavy atom. The summed E-state index contributed by atoms with van der Waals surface area (Å²) in [6.45, 7) is 5.98. The van der Waals surface area contributed by atoms with Crippen LogP contribution in [0.1, 0.15) is 62.6 Å². The second-order valence-electron chi connectivity index (χ2n) is 8.60. The SMILES string of the molecule is CC(C)Cc1ccc2c(c1)[C@]13CCCC[C@@H]1[C@H](C2)N(C)CC3. The molecule has 1 heterocycles. The third kappa shape index (κ3) is 2.16. The Hall–Kier alpha value is -0.820. The van der Waals surface area contributed by atoms with E-state index in [1.165, 1.54) is 51.5 Å². The molecule has 1 aliphatic heterocycles. The molecule has 0 unspecified atom stereocenters. The Balaban J connectivity index is 1.80. The van der Waals surface area contributed by atoms with E-state index < -0.39 is 0 Å². The van der Waals surface area contributed by atoms with Crippen molar-refractivity contribution in [2.24, 2.45) is 11.8 Å². The van der Waals surface area contributed by atoms with Gasteiger partial charge in [0.2, 0.25) is 0 Å². The smallest absolute Gasteiger partial charge is 0.0169 e. The van der Waals surface area contributed by atoms with Crippen LogP contribution in [0.3, 0.4) is 0 Å². The van der Waals surface area contributed by atoms with Crippen LogP contribution in [0.25, 0.3) is 0 Å². The molecule has 2 bridgehead atoms. The highest BCUT2D eigenvalue weighted by atomic mass is 15.1. The van der Waals surface area contributed by atoms with Crippen molar-refractivity contribution in [1.82, 2.24) is 4.90 Å². The van der Waals surface area contributed by atoms with Crippen LogP contribution in [0.15, 0.2) is 18.2 Å². The Labute approximate surface area is 136 Å². The predicted molar refractivity (Wildman–Crippen MR) is 93.4 cm³/mol. The van der Waals surface area contributed by atoms with Crippen LogP contribution in [0.2, 0.25) is 0 Å². The highest BCUT2D eigenvalue weighted by Gasteiger charge is 2.52. The largest absolute Gasteiger partial charge is 0.303 e.